The lowest BCUT2D eigenvalue weighted by Gasteiger charge is -2.27. The predicted octanol–water partition coefficient (Wildman–Crippen LogP) is 2.74. The van der Waals surface area contributed by atoms with Crippen molar-refractivity contribution in [1.82, 2.24) is 29.6 Å². The Kier molecular flexibility index (Phi) is 6.61. The third-order valence-corrected chi connectivity index (χ3v) is 8.08. The molecule has 9 nitrogen and oxygen atoms in total. The van der Waals surface area contributed by atoms with Gasteiger partial charge >= 0.3 is 0 Å². The number of ether oxygens (including phenoxy) is 2. The molecule has 3 aromatic heterocycles. The molecule has 0 saturated carbocycles. The van der Waals surface area contributed by atoms with Gasteiger partial charge in [0.2, 0.25) is 5.95 Å². The molecule has 0 aromatic carbocycles. The number of morpholine rings is 2. The number of aryl methyl sites for hydroxylation is 2. The molecule has 0 bridgehead atoms. The van der Waals surface area contributed by atoms with E-state index in [1.54, 1.807) is 23.1 Å². The molecule has 172 valence electrons. The number of hydrogen-bond donors (Lipinski definition) is 0. The first kappa shape index (κ1) is 22.0. The number of thiophene rings is 1. The number of rotatable bonds is 6. The topological polar surface area (TPSA) is 81.4 Å². The molecule has 32 heavy (non-hydrogen) atoms. The van der Waals surface area contributed by atoms with E-state index in [1.165, 1.54) is 10.4 Å². The molecule has 5 heterocycles. The molecule has 0 N–H and O–H groups in total. The SMILES string of the molecule is CCn1c(Sc2nc(CN3CCOCC3)nc3sc(C)c(C)c23)nnc1N1CCOCC1. The van der Waals surface area contributed by atoms with E-state index in [0.717, 1.165) is 97.9 Å². The summed E-state index contributed by atoms with van der Waals surface area (Å²) >= 11 is 3.35. The number of anilines is 1. The van der Waals surface area contributed by atoms with E-state index < -0.39 is 0 Å². The Morgan fingerprint density at radius 2 is 1.69 bits per heavy atom. The summed E-state index contributed by atoms with van der Waals surface area (Å²) in [7, 11) is 0. The molecule has 0 unspecified atom stereocenters. The molecule has 2 aliphatic heterocycles. The normalized spacial score (nSPS) is 18.0. The summed E-state index contributed by atoms with van der Waals surface area (Å²) in [6.07, 6.45) is 0. The van der Waals surface area contributed by atoms with Crippen LogP contribution in [0.25, 0.3) is 10.2 Å². The van der Waals surface area contributed by atoms with E-state index in [9.17, 15) is 0 Å². The van der Waals surface area contributed by atoms with Crippen LogP contribution in [0.2, 0.25) is 0 Å². The fraction of sp³-hybridized carbons (Fsp3) is 0.619. The van der Waals surface area contributed by atoms with E-state index in [1.807, 2.05) is 0 Å². The summed E-state index contributed by atoms with van der Waals surface area (Å²) in [5, 5.41) is 12.1. The average molecular weight is 476 g/mol. The van der Waals surface area contributed by atoms with Gasteiger partial charge in [0.25, 0.3) is 0 Å². The van der Waals surface area contributed by atoms with E-state index in [2.05, 4.69) is 45.3 Å². The highest BCUT2D eigenvalue weighted by atomic mass is 32.2. The lowest BCUT2D eigenvalue weighted by Crippen LogP contribution is -2.38. The molecule has 3 aromatic rings. The molecule has 2 aliphatic rings. The Morgan fingerprint density at radius 3 is 2.41 bits per heavy atom. The summed E-state index contributed by atoms with van der Waals surface area (Å²) in [5.74, 6) is 1.77. The number of hydrogen-bond acceptors (Lipinski definition) is 10. The smallest absolute Gasteiger partial charge is 0.228 e. The van der Waals surface area contributed by atoms with Crippen LogP contribution in [0.1, 0.15) is 23.2 Å². The molecule has 2 saturated heterocycles. The number of aromatic nitrogens is 5. The molecule has 5 rings (SSSR count). The highest BCUT2D eigenvalue weighted by molar-refractivity contribution is 7.99. The first-order valence-corrected chi connectivity index (χ1v) is 12.8. The maximum atomic E-state index is 5.50. The maximum Gasteiger partial charge on any atom is 0.228 e. The van der Waals surface area contributed by atoms with Crippen LogP contribution in [0.15, 0.2) is 10.2 Å². The molecule has 2 fully saturated rings. The Bertz CT molecular complexity index is 1090. The number of fused-ring (bicyclic) bond motifs is 1. The maximum absolute atomic E-state index is 5.50. The van der Waals surface area contributed by atoms with Gasteiger partial charge in [-0.25, -0.2) is 9.97 Å². The van der Waals surface area contributed by atoms with Gasteiger partial charge in [0.15, 0.2) is 5.16 Å². The van der Waals surface area contributed by atoms with Crippen LogP contribution in [0, 0.1) is 13.8 Å². The van der Waals surface area contributed by atoms with Crippen LogP contribution in [0.4, 0.5) is 5.95 Å². The zero-order chi connectivity index (χ0) is 22.1. The molecule has 11 heteroatoms. The largest absolute Gasteiger partial charge is 0.379 e. The van der Waals surface area contributed by atoms with Crippen LogP contribution in [-0.4, -0.2) is 82.2 Å². The van der Waals surface area contributed by atoms with Gasteiger partial charge in [-0.2, -0.15) is 0 Å². The minimum Gasteiger partial charge on any atom is -0.379 e. The molecule has 0 atom stereocenters. The zero-order valence-corrected chi connectivity index (χ0v) is 20.5. The summed E-state index contributed by atoms with van der Waals surface area (Å²) in [6, 6.07) is 0. The van der Waals surface area contributed by atoms with Crippen molar-refractivity contribution in [2.45, 2.75) is 44.0 Å². The van der Waals surface area contributed by atoms with Gasteiger partial charge in [-0.05, 0) is 38.1 Å². The van der Waals surface area contributed by atoms with Crippen LogP contribution >= 0.6 is 23.1 Å². The van der Waals surface area contributed by atoms with Gasteiger partial charge in [-0.15, -0.1) is 21.5 Å². The zero-order valence-electron chi connectivity index (χ0n) is 18.8. The third kappa shape index (κ3) is 4.36. The summed E-state index contributed by atoms with van der Waals surface area (Å²) in [5.41, 5.74) is 1.25. The van der Waals surface area contributed by atoms with Crippen molar-refractivity contribution >= 4 is 39.3 Å². The lowest BCUT2D eigenvalue weighted by molar-refractivity contribution is 0.0330. The second-order valence-corrected chi connectivity index (χ2v) is 10.2. The monoisotopic (exact) mass is 475 g/mol. The third-order valence-electron chi connectivity index (χ3n) is 6.01. The molecule has 0 aliphatic carbocycles. The minimum absolute atomic E-state index is 0.726. The van der Waals surface area contributed by atoms with Crippen molar-refractivity contribution in [3.63, 3.8) is 0 Å². The van der Waals surface area contributed by atoms with Crippen LogP contribution in [-0.2, 0) is 22.6 Å². The van der Waals surface area contributed by atoms with Crippen molar-refractivity contribution < 1.29 is 9.47 Å². The van der Waals surface area contributed by atoms with E-state index in [4.69, 9.17) is 19.4 Å². The second-order valence-electron chi connectivity index (χ2n) is 8.03. The van der Waals surface area contributed by atoms with Crippen molar-refractivity contribution in [2.75, 3.05) is 57.5 Å². The van der Waals surface area contributed by atoms with Crippen molar-refractivity contribution in [1.29, 1.82) is 0 Å². The highest BCUT2D eigenvalue weighted by Crippen LogP contribution is 2.38. The van der Waals surface area contributed by atoms with Gasteiger partial charge in [0.1, 0.15) is 15.7 Å². The molecular formula is C21H29N7O2S2. The Hall–Kier alpha value is -1.79. The summed E-state index contributed by atoms with van der Waals surface area (Å²) in [6.45, 7) is 14.5. The van der Waals surface area contributed by atoms with E-state index in [-0.39, 0.29) is 0 Å². The Morgan fingerprint density at radius 1 is 0.969 bits per heavy atom. The molecular weight excluding hydrogens is 446 g/mol. The molecule has 0 spiro atoms. The van der Waals surface area contributed by atoms with Gasteiger partial charge in [-0.3, -0.25) is 9.47 Å². The quantitative estimate of drug-likeness (QED) is 0.500. The van der Waals surface area contributed by atoms with Crippen molar-refractivity contribution in [2.24, 2.45) is 0 Å². The Labute approximate surface area is 196 Å². The lowest BCUT2D eigenvalue weighted by atomic mass is 10.2. The number of nitrogens with zero attached hydrogens (tertiary/aromatic N) is 7. The first-order valence-electron chi connectivity index (χ1n) is 11.1. The fourth-order valence-corrected chi connectivity index (χ4v) is 6.27. The van der Waals surface area contributed by atoms with Crippen molar-refractivity contribution in [3.05, 3.63) is 16.3 Å². The predicted molar refractivity (Wildman–Crippen MR) is 126 cm³/mol. The van der Waals surface area contributed by atoms with Crippen molar-refractivity contribution in [3.8, 4) is 0 Å². The Balaban J connectivity index is 1.49. The van der Waals surface area contributed by atoms with Gasteiger partial charge < -0.3 is 14.4 Å². The molecule has 0 amide bonds. The molecule has 0 radical (unpaired) electrons. The van der Waals surface area contributed by atoms with E-state index in [0.29, 0.717) is 0 Å². The minimum atomic E-state index is 0.726. The first-order chi connectivity index (χ1) is 15.6. The summed E-state index contributed by atoms with van der Waals surface area (Å²) < 4.78 is 13.2. The van der Waals surface area contributed by atoms with Crippen LogP contribution < -0.4 is 4.90 Å². The highest BCUT2D eigenvalue weighted by Gasteiger charge is 2.23. The standard InChI is InChI=1S/C21H29N7O2S2/c1-4-28-20(27-7-11-30-12-8-27)24-25-21(28)32-19-17-14(2)15(3)31-18(17)22-16(23-19)13-26-5-9-29-10-6-26/h4-13H2,1-3H3. The van der Waals surface area contributed by atoms with E-state index >= 15 is 0 Å². The summed E-state index contributed by atoms with van der Waals surface area (Å²) in [4.78, 5) is 16.9. The van der Waals surface area contributed by atoms with Gasteiger partial charge in [0.05, 0.1) is 33.0 Å². The average Bonchev–Trinajstić information content (AvgIpc) is 3.35. The second kappa shape index (κ2) is 9.60. The fourth-order valence-electron chi connectivity index (χ4n) is 4.08. The van der Waals surface area contributed by atoms with Crippen LogP contribution in [0.3, 0.4) is 0 Å². The van der Waals surface area contributed by atoms with Crippen LogP contribution in [0.5, 0.6) is 0 Å². The van der Waals surface area contributed by atoms with Gasteiger partial charge in [-0.1, -0.05) is 0 Å². The van der Waals surface area contributed by atoms with Gasteiger partial charge in [0, 0.05) is 43.0 Å².